The number of urea groups is 1. The van der Waals surface area contributed by atoms with Gasteiger partial charge in [-0.15, -0.1) is 0 Å². The zero-order valence-corrected chi connectivity index (χ0v) is 17.7. The van der Waals surface area contributed by atoms with Crippen LogP contribution in [0.1, 0.15) is 51.9 Å². The summed E-state index contributed by atoms with van der Waals surface area (Å²) in [6, 6.07) is -1.51. The van der Waals surface area contributed by atoms with E-state index in [2.05, 4.69) is 17.6 Å². The van der Waals surface area contributed by atoms with Gasteiger partial charge in [0.05, 0.1) is 0 Å². The molecule has 0 radical (unpaired) electrons. The van der Waals surface area contributed by atoms with Crippen LogP contribution in [0.2, 0.25) is 0 Å². The van der Waals surface area contributed by atoms with Crippen LogP contribution in [0.4, 0.5) is 4.79 Å². The second-order valence-corrected chi connectivity index (χ2v) is 10.0. The van der Waals surface area contributed by atoms with Crippen molar-refractivity contribution in [1.82, 2.24) is 10.6 Å². The first-order chi connectivity index (χ1) is 13.3. The van der Waals surface area contributed by atoms with Crippen molar-refractivity contribution in [1.29, 1.82) is 0 Å². The second-order valence-electron chi connectivity index (χ2n) is 9.02. The molecule has 0 spiro atoms. The topological polar surface area (TPSA) is 111 Å². The van der Waals surface area contributed by atoms with E-state index < -0.39 is 18.0 Å². The van der Waals surface area contributed by atoms with Gasteiger partial charge < -0.3 is 21.1 Å². The fraction of sp³-hybridized carbons (Fsp3) is 0.850. The highest BCUT2D eigenvalue weighted by Gasteiger charge is 2.53. The zero-order chi connectivity index (χ0) is 20.3. The number of rotatable bonds is 9. The highest BCUT2D eigenvalue weighted by Crippen LogP contribution is 2.61. The standard InChI is InChI=1S/C20H33N3O4S/c1-12(20-8-13-5-14(9-20)7-15(6-13)10-20)22-17(24)11-27-18(25)16(3-4-28-2)23-19(21)26/h12-16H,3-11H2,1-2H3,(H,22,24)(H3,21,23,26)/t12-,13?,14?,15?,16-,20?/m0/s1. The lowest BCUT2D eigenvalue weighted by molar-refractivity contribution is -0.151. The lowest BCUT2D eigenvalue weighted by Crippen LogP contribution is -2.56. The van der Waals surface area contributed by atoms with Gasteiger partial charge in [-0.25, -0.2) is 9.59 Å². The fourth-order valence-electron chi connectivity index (χ4n) is 6.04. The van der Waals surface area contributed by atoms with Crippen LogP contribution in [-0.4, -0.2) is 48.6 Å². The number of nitrogens with one attached hydrogen (secondary N) is 2. The Hall–Kier alpha value is -1.44. The number of thioether (sulfide) groups is 1. The summed E-state index contributed by atoms with van der Waals surface area (Å²) in [6.45, 7) is 1.77. The van der Waals surface area contributed by atoms with Gasteiger partial charge in [-0.3, -0.25) is 4.79 Å². The molecule has 4 saturated carbocycles. The Morgan fingerprint density at radius 1 is 1.11 bits per heavy atom. The molecule has 7 nitrogen and oxygen atoms in total. The molecule has 4 aliphatic rings. The van der Waals surface area contributed by atoms with Crippen molar-refractivity contribution >= 4 is 29.7 Å². The Bertz CT molecular complexity index is 577. The predicted molar refractivity (Wildman–Crippen MR) is 109 cm³/mol. The minimum atomic E-state index is -0.821. The summed E-state index contributed by atoms with van der Waals surface area (Å²) in [5, 5.41) is 5.47. The summed E-state index contributed by atoms with van der Waals surface area (Å²) >= 11 is 1.56. The first-order valence-corrected chi connectivity index (χ1v) is 11.7. The molecule has 4 N–H and O–H groups in total. The fourth-order valence-corrected chi connectivity index (χ4v) is 6.51. The van der Waals surface area contributed by atoms with Gasteiger partial charge in [0.25, 0.3) is 5.91 Å². The van der Waals surface area contributed by atoms with Crippen molar-refractivity contribution in [2.24, 2.45) is 28.9 Å². The van der Waals surface area contributed by atoms with Crippen LogP contribution < -0.4 is 16.4 Å². The Labute approximate surface area is 171 Å². The first kappa shape index (κ1) is 21.3. The summed E-state index contributed by atoms with van der Waals surface area (Å²) in [6.07, 6.45) is 10.0. The molecule has 0 aliphatic heterocycles. The van der Waals surface area contributed by atoms with E-state index in [0.29, 0.717) is 12.2 Å². The van der Waals surface area contributed by atoms with Gasteiger partial charge in [0, 0.05) is 6.04 Å². The molecule has 0 aromatic heterocycles. The summed E-state index contributed by atoms with van der Waals surface area (Å²) < 4.78 is 5.15. The van der Waals surface area contributed by atoms with E-state index in [1.54, 1.807) is 11.8 Å². The minimum Gasteiger partial charge on any atom is -0.454 e. The highest BCUT2D eigenvalue weighted by atomic mass is 32.2. The number of amides is 3. The summed E-state index contributed by atoms with van der Waals surface area (Å²) in [5.41, 5.74) is 5.34. The minimum absolute atomic E-state index is 0.0862. The van der Waals surface area contributed by atoms with Crippen molar-refractivity contribution < 1.29 is 19.1 Å². The molecule has 3 amide bonds. The maximum absolute atomic E-state index is 12.4. The number of nitrogens with two attached hydrogens (primary N) is 1. The third-order valence-corrected chi connectivity index (χ3v) is 7.58. The number of primary amides is 1. The van der Waals surface area contributed by atoms with Crippen LogP contribution in [0.5, 0.6) is 0 Å². The van der Waals surface area contributed by atoms with Crippen molar-refractivity contribution in [2.45, 2.75) is 64.0 Å². The number of hydrogen-bond donors (Lipinski definition) is 3. The third-order valence-electron chi connectivity index (χ3n) is 6.94. The van der Waals surface area contributed by atoms with Gasteiger partial charge in [0.15, 0.2) is 6.61 Å². The molecule has 0 saturated heterocycles. The Balaban J connectivity index is 1.48. The van der Waals surface area contributed by atoms with Gasteiger partial charge in [-0.2, -0.15) is 11.8 Å². The number of carbonyl (C=O) groups is 3. The number of hydrogen-bond acceptors (Lipinski definition) is 5. The predicted octanol–water partition coefficient (Wildman–Crippen LogP) is 2.04. The van der Waals surface area contributed by atoms with Crippen LogP contribution >= 0.6 is 11.8 Å². The molecule has 0 heterocycles. The van der Waals surface area contributed by atoms with Gasteiger partial charge in [-0.05, 0) is 87.0 Å². The summed E-state index contributed by atoms with van der Waals surface area (Å²) in [7, 11) is 0. The van der Waals surface area contributed by atoms with Gasteiger partial charge in [-0.1, -0.05) is 0 Å². The van der Waals surface area contributed by atoms with Gasteiger partial charge >= 0.3 is 12.0 Å². The smallest absolute Gasteiger partial charge is 0.329 e. The molecule has 28 heavy (non-hydrogen) atoms. The lowest BCUT2D eigenvalue weighted by atomic mass is 9.48. The number of carbonyl (C=O) groups excluding carboxylic acids is 3. The Morgan fingerprint density at radius 3 is 2.18 bits per heavy atom. The molecule has 4 bridgehead atoms. The number of ether oxygens (including phenoxy) is 1. The molecule has 0 unspecified atom stereocenters. The average Bonchev–Trinajstić information content (AvgIpc) is 2.61. The second kappa shape index (κ2) is 8.93. The van der Waals surface area contributed by atoms with E-state index in [4.69, 9.17) is 10.5 Å². The number of esters is 1. The molecule has 4 aliphatic carbocycles. The van der Waals surface area contributed by atoms with Crippen LogP contribution in [0, 0.1) is 23.2 Å². The van der Waals surface area contributed by atoms with E-state index in [1.807, 2.05) is 6.26 Å². The van der Waals surface area contributed by atoms with E-state index in [1.165, 1.54) is 38.5 Å². The van der Waals surface area contributed by atoms with Crippen LogP contribution in [0.15, 0.2) is 0 Å². The maximum Gasteiger partial charge on any atom is 0.329 e. The first-order valence-electron chi connectivity index (χ1n) is 10.3. The maximum atomic E-state index is 12.4. The Kier molecular flexibility index (Phi) is 6.78. The monoisotopic (exact) mass is 411 g/mol. The lowest BCUT2D eigenvalue weighted by Gasteiger charge is -2.59. The SMILES string of the molecule is CSCC[C@H](NC(N)=O)C(=O)OCC(=O)N[C@@H](C)C12CC3CC(CC(C3)C1)C2. The summed E-state index contributed by atoms with van der Waals surface area (Å²) in [4.78, 5) is 35.7. The van der Waals surface area contributed by atoms with E-state index in [-0.39, 0.29) is 24.0 Å². The van der Waals surface area contributed by atoms with E-state index in [9.17, 15) is 14.4 Å². The Morgan fingerprint density at radius 2 is 1.68 bits per heavy atom. The van der Waals surface area contributed by atoms with Crippen molar-refractivity contribution in [3.8, 4) is 0 Å². The molecule has 4 fully saturated rings. The van der Waals surface area contributed by atoms with Gasteiger partial charge in [0.1, 0.15) is 6.04 Å². The van der Waals surface area contributed by atoms with Crippen LogP contribution in [-0.2, 0) is 14.3 Å². The molecular formula is C20H33N3O4S. The average molecular weight is 412 g/mol. The van der Waals surface area contributed by atoms with Crippen molar-refractivity contribution in [3.05, 3.63) is 0 Å². The molecule has 8 heteroatoms. The summed E-state index contributed by atoms with van der Waals surface area (Å²) in [5.74, 6) is 2.24. The van der Waals surface area contributed by atoms with E-state index in [0.717, 1.165) is 17.8 Å². The largest absolute Gasteiger partial charge is 0.454 e. The molecule has 158 valence electrons. The quantitative estimate of drug-likeness (QED) is 0.503. The zero-order valence-electron chi connectivity index (χ0n) is 16.9. The van der Waals surface area contributed by atoms with Crippen LogP contribution in [0.25, 0.3) is 0 Å². The molecule has 0 aromatic rings. The molecule has 2 atom stereocenters. The van der Waals surface area contributed by atoms with Crippen LogP contribution in [0.3, 0.4) is 0 Å². The van der Waals surface area contributed by atoms with Crippen molar-refractivity contribution in [3.63, 3.8) is 0 Å². The third kappa shape index (κ3) is 4.93. The van der Waals surface area contributed by atoms with Gasteiger partial charge in [0.2, 0.25) is 0 Å². The molecule has 4 rings (SSSR count). The highest BCUT2D eigenvalue weighted by molar-refractivity contribution is 7.98. The normalized spacial score (nSPS) is 32.4. The van der Waals surface area contributed by atoms with Crippen molar-refractivity contribution in [2.75, 3.05) is 18.6 Å². The van der Waals surface area contributed by atoms with E-state index >= 15 is 0 Å². The molecule has 0 aromatic carbocycles. The molecular weight excluding hydrogens is 378 g/mol.